The summed E-state index contributed by atoms with van der Waals surface area (Å²) >= 11 is 0. The third-order valence-corrected chi connectivity index (χ3v) is 6.47. The van der Waals surface area contributed by atoms with Crippen LogP contribution in [0.2, 0.25) is 0 Å². The van der Waals surface area contributed by atoms with Crippen molar-refractivity contribution in [1.29, 1.82) is 0 Å². The molecule has 2 aromatic carbocycles. The number of nitro benzene ring substituents is 1. The molecule has 0 saturated carbocycles. The average molecular weight is 366 g/mol. The lowest BCUT2D eigenvalue weighted by molar-refractivity contribution is -0.386. The van der Waals surface area contributed by atoms with Gasteiger partial charge in [0, 0.05) is 53.9 Å². The van der Waals surface area contributed by atoms with Gasteiger partial charge in [-0.05, 0) is 45.7 Å². The molecule has 27 heavy (non-hydrogen) atoms. The van der Waals surface area contributed by atoms with Crippen LogP contribution in [-0.2, 0) is 6.42 Å². The highest BCUT2D eigenvalue weighted by atomic mass is 16.6. The van der Waals surface area contributed by atoms with Gasteiger partial charge < -0.3 is 9.64 Å². The van der Waals surface area contributed by atoms with Gasteiger partial charge in [-0.2, -0.15) is 0 Å². The van der Waals surface area contributed by atoms with Crippen molar-refractivity contribution in [3.8, 4) is 5.75 Å². The van der Waals surface area contributed by atoms with Crippen LogP contribution in [0.3, 0.4) is 0 Å². The Morgan fingerprint density at radius 2 is 1.67 bits per heavy atom. The van der Waals surface area contributed by atoms with Crippen LogP contribution in [0.15, 0.2) is 30.3 Å². The van der Waals surface area contributed by atoms with E-state index >= 15 is 0 Å². The Hall–Kier alpha value is -2.56. The molecule has 1 fully saturated rings. The number of ether oxygens (including phenoxy) is 1. The fourth-order valence-corrected chi connectivity index (χ4v) is 4.67. The fraction of sp³-hybridized carbons (Fsp3) is 0.455. The number of nitrogens with zero attached hydrogens (tertiary/aromatic N) is 2. The van der Waals surface area contributed by atoms with Crippen LogP contribution in [0.5, 0.6) is 5.75 Å². The quantitative estimate of drug-likeness (QED) is 0.561. The fourth-order valence-electron chi connectivity index (χ4n) is 4.67. The molecule has 0 aromatic heterocycles. The number of anilines is 1. The first-order valence-corrected chi connectivity index (χ1v) is 9.68. The number of hydrogen-bond donors (Lipinski definition) is 0. The van der Waals surface area contributed by atoms with Gasteiger partial charge in [0.05, 0.1) is 4.92 Å². The van der Waals surface area contributed by atoms with E-state index in [4.69, 9.17) is 4.74 Å². The van der Waals surface area contributed by atoms with E-state index in [1.54, 1.807) is 0 Å². The first-order valence-electron chi connectivity index (χ1n) is 9.68. The molecule has 142 valence electrons. The molecule has 2 aromatic rings. The monoisotopic (exact) mass is 366 g/mol. The molecule has 0 radical (unpaired) electrons. The number of piperidine rings is 1. The summed E-state index contributed by atoms with van der Waals surface area (Å²) in [5.41, 5.74) is 4.84. The summed E-state index contributed by atoms with van der Waals surface area (Å²) in [4.78, 5) is 13.7. The zero-order valence-corrected chi connectivity index (χ0v) is 16.2. The number of para-hydroxylation sites is 1. The summed E-state index contributed by atoms with van der Waals surface area (Å²) in [6, 6.07) is 10.5. The minimum atomic E-state index is -0.249. The smallest absolute Gasteiger partial charge is 0.275 e. The molecule has 1 saturated heterocycles. The van der Waals surface area contributed by atoms with Gasteiger partial charge in [-0.1, -0.05) is 18.2 Å². The molecule has 5 nitrogen and oxygen atoms in total. The van der Waals surface area contributed by atoms with Gasteiger partial charge in [-0.15, -0.1) is 0 Å². The number of rotatable bonds is 2. The Kier molecular flexibility index (Phi) is 4.33. The van der Waals surface area contributed by atoms with Crippen molar-refractivity contribution in [2.75, 3.05) is 18.0 Å². The van der Waals surface area contributed by atoms with Gasteiger partial charge in [0.1, 0.15) is 11.4 Å². The summed E-state index contributed by atoms with van der Waals surface area (Å²) in [7, 11) is 0. The topological polar surface area (TPSA) is 55.6 Å². The molecule has 0 aliphatic carbocycles. The number of nitro groups is 1. The maximum absolute atomic E-state index is 11.5. The van der Waals surface area contributed by atoms with E-state index in [0.29, 0.717) is 0 Å². The van der Waals surface area contributed by atoms with Crippen LogP contribution in [0, 0.1) is 30.9 Å². The lowest BCUT2D eigenvalue weighted by Gasteiger charge is -2.46. The summed E-state index contributed by atoms with van der Waals surface area (Å²) in [5.74, 6) is 0.898. The molecule has 5 heteroatoms. The summed E-state index contributed by atoms with van der Waals surface area (Å²) in [6.07, 6.45) is 3.75. The highest BCUT2D eigenvalue weighted by Crippen LogP contribution is 2.46. The summed E-state index contributed by atoms with van der Waals surface area (Å²) < 4.78 is 6.62. The maximum Gasteiger partial charge on any atom is 0.275 e. The predicted octanol–water partition coefficient (Wildman–Crippen LogP) is 4.88. The van der Waals surface area contributed by atoms with Crippen molar-refractivity contribution < 1.29 is 9.66 Å². The largest absolute Gasteiger partial charge is 0.487 e. The molecule has 2 aliphatic rings. The number of fused-ring (bicyclic) bond motifs is 1. The van der Waals surface area contributed by atoms with Crippen LogP contribution in [-0.4, -0.2) is 23.6 Å². The first-order chi connectivity index (χ1) is 12.9. The molecule has 2 heterocycles. The zero-order chi connectivity index (χ0) is 19.2. The van der Waals surface area contributed by atoms with Gasteiger partial charge in [0.2, 0.25) is 0 Å². The van der Waals surface area contributed by atoms with Crippen LogP contribution in [0.1, 0.15) is 41.5 Å². The van der Waals surface area contributed by atoms with E-state index in [1.165, 1.54) is 5.69 Å². The van der Waals surface area contributed by atoms with Crippen molar-refractivity contribution in [3.05, 3.63) is 62.7 Å². The Balaban J connectivity index is 1.60. The molecule has 2 aliphatic heterocycles. The van der Waals surface area contributed by atoms with E-state index < -0.39 is 0 Å². The lowest BCUT2D eigenvalue weighted by Crippen LogP contribution is -2.50. The van der Waals surface area contributed by atoms with E-state index in [9.17, 15) is 10.1 Å². The highest BCUT2D eigenvalue weighted by Gasteiger charge is 2.41. The third kappa shape index (κ3) is 2.95. The maximum atomic E-state index is 11.5. The normalized spacial score (nSPS) is 18.1. The van der Waals surface area contributed by atoms with Crippen LogP contribution in [0.4, 0.5) is 11.4 Å². The van der Waals surface area contributed by atoms with E-state index in [2.05, 4.69) is 29.2 Å². The molecule has 1 spiro atoms. The molecule has 0 unspecified atom stereocenters. The minimum Gasteiger partial charge on any atom is -0.487 e. The Morgan fingerprint density at radius 3 is 2.30 bits per heavy atom. The Labute approximate surface area is 160 Å². The number of benzene rings is 2. The van der Waals surface area contributed by atoms with E-state index in [-0.39, 0.29) is 16.2 Å². The van der Waals surface area contributed by atoms with Crippen molar-refractivity contribution in [3.63, 3.8) is 0 Å². The molecule has 4 rings (SSSR count). The molecular weight excluding hydrogens is 340 g/mol. The molecular formula is C22H26N2O3. The van der Waals surface area contributed by atoms with E-state index in [0.717, 1.165) is 66.8 Å². The van der Waals surface area contributed by atoms with Crippen LogP contribution in [0.25, 0.3) is 0 Å². The number of hydrogen-bond acceptors (Lipinski definition) is 4. The minimum absolute atomic E-state index is 0.141. The van der Waals surface area contributed by atoms with E-state index in [1.807, 2.05) is 26.8 Å². The highest BCUT2D eigenvalue weighted by molar-refractivity contribution is 5.62. The second kappa shape index (κ2) is 6.55. The third-order valence-electron chi connectivity index (χ3n) is 6.47. The second-order valence-electron chi connectivity index (χ2n) is 7.90. The summed E-state index contributed by atoms with van der Waals surface area (Å²) in [5, 5.41) is 11.5. The Bertz CT molecular complexity index is 884. The standard InChI is InChI=1S/C22H26N2O3/c1-15-16(2)21-19(17(3)20(15)24(25)26)9-10-22(27-21)11-13-23(14-12-22)18-7-5-4-6-8-18/h4-8H,9-14H2,1-3H3. The first kappa shape index (κ1) is 17.8. The molecule has 0 bridgehead atoms. The SMILES string of the molecule is Cc1c(C)c([N+](=O)[O-])c(C)c2c1OC1(CC2)CCN(c2ccccc2)CC1. The zero-order valence-electron chi connectivity index (χ0n) is 16.2. The van der Waals surface area contributed by atoms with Gasteiger partial charge in [0.25, 0.3) is 5.69 Å². The summed E-state index contributed by atoms with van der Waals surface area (Å²) in [6.45, 7) is 7.61. The predicted molar refractivity (Wildman–Crippen MR) is 107 cm³/mol. The molecule has 0 N–H and O–H groups in total. The molecule has 0 atom stereocenters. The second-order valence-corrected chi connectivity index (χ2v) is 7.90. The van der Waals surface area contributed by atoms with Crippen molar-refractivity contribution in [1.82, 2.24) is 0 Å². The van der Waals surface area contributed by atoms with Gasteiger partial charge in [-0.25, -0.2) is 0 Å². The average Bonchev–Trinajstić information content (AvgIpc) is 2.67. The van der Waals surface area contributed by atoms with Crippen molar-refractivity contribution in [2.24, 2.45) is 0 Å². The lowest BCUT2D eigenvalue weighted by atomic mass is 9.80. The van der Waals surface area contributed by atoms with Gasteiger partial charge in [0.15, 0.2) is 0 Å². The molecule has 0 amide bonds. The van der Waals surface area contributed by atoms with Crippen LogP contribution < -0.4 is 9.64 Å². The Morgan fingerprint density at radius 1 is 1.00 bits per heavy atom. The van der Waals surface area contributed by atoms with Gasteiger partial charge >= 0.3 is 0 Å². The van der Waals surface area contributed by atoms with Crippen LogP contribution >= 0.6 is 0 Å². The van der Waals surface area contributed by atoms with Gasteiger partial charge in [-0.3, -0.25) is 10.1 Å². The van der Waals surface area contributed by atoms with Crippen molar-refractivity contribution in [2.45, 2.75) is 52.1 Å². The van der Waals surface area contributed by atoms with Crippen molar-refractivity contribution >= 4 is 11.4 Å².